The quantitative estimate of drug-likeness (QED) is 0.652. The Balaban J connectivity index is 2.48. The molecule has 0 fully saturated rings. The van der Waals surface area contributed by atoms with E-state index >= 15 is 0 Å². The highest BCUT2D eigenvalue weighted by Gasteiger charge is 2.34. The zero-order valence-corrected chi connectivity index (χ0v) is 7.61. The van der Waals surface area contributed by atoms with E-state index < -0.39 is 5.24 Å². The van der Waals surface area contributed by atoms with Gasteiger partial charge in [0.05, 0.1) is 10.8 Å². The molecule has 0 saturated carbocycles. The van der Waals surface area contributed by atoms with E-state index in [1.54, 1.807) is 6.07 Å². The average molecular weight is 201 g/mol. The van der Waals surface area contributed by atoms with Crippen molar-refractivity contribution in [2.45, 2.75) is 12.3 Å². The number of fused-ring (bicyclic) bond motifs is 1. The molecule has 1 aromatic heterocycles. The van der Waals surface area contributed by atoms with Crippen molar-refractivity contribution in [3.05, 3.63) is 21.9 Å². The van der Waals surface area contributed by atoms with Gasteiger partial charge in [-0.1, -0.05) is 0 Å². The van der Waals surface area contributed by atoms with Gasteiger partial charge in [-0.05, 0) is 28.6 Å². The first-order chi connectivity index (χ1) is 5.70. The molecule has 0 spiro atoms. The second kappa shape index (κ2) is 2.68. The summed E-state index contributed by atoms with van der Waals surface area (Å²) in [7, 11) is 0. The van der Waals surface area contributed by atoms with Gasteiger partial charge in [-0.15, -0.1) is 11.3 Å². The third-order valence-corrected chi connectivity index (χ3v) is 3.22. The van der Waals surface area contributed by atoms with Crippen LogP contribution in [-0.4, -0.2) is 11.0 Å². The average Bonchev–Trinajstić information content (AvgIpc) is 2.53. The fraction of sp³-hybridized carbons (Fsp3) is 0.250. The van der Waals surface area contributed by atoms with Crippen LogP contribution in [0.5, 0.6) is 0 Å². The number of carbonyl (C=O) groups is 2. The van der Waals surface area contributed by atoms with Gasteiger partial charge in [-0.3, -0.25) is 9.59 Å². The van der Waals surface area contributed by atoms with Crippen LogP contribution in [0.15, 0.2) is 11.4 Å². The lowest BCUT2D eigenvalue weighted by Crippen LogP contribution is -2.02. The summed E-state index contributed by atoms with van der Waals surface area (Å²) >= 11 is 6.73. The molecule has 1 unspecified atom stereocenters. The molecular weight excluding hydrogens is 196 g/mol. The molecule has 1 atom stereocenters. The number of hydrogen-bond acceptors (Lipinski definition) is 3. The van der Waals surface area contributed by atoms with Crippen molar-refractivity contribution in [3.63, 3.8) is 0 Å². The molecular formula is C8H5ClO2S. The van der Waals surface area contributed by atoms with Crippen LogP contribution in [0.2, 0.25) is 0 Å². The van der Waals surface area contributed by atoms with Crippen LogP contribution in [0.3, 0.4) is 0 Å². The first kappa shape index (κ1) is 7.95. The molecule has 12 heavy (non-hydrogen) atoms. The smallest absolute Gasteiger partial charge is 0.229 e. The third-order valence-electron chi connectivity index (χ3n) is 1.99. The molecule has 1 aliphatic carbocycles. The van der Waals surface area contributed by atoms with E-state index in [4.69, 9.17) is 11.6 Å². The molecule has 2 nitrogen and oxygen atoms in total. The van der Waals surface area contributed by atoms with Crippen molar-refractivity contribution < 1.29 is 9.59 Å². The number of Topliss-reactive ketones (excluding diaryl/α,β-unsaturated/α-hetero) is 1. The van der Waals surface area contributed by atoms with Crippen molar-refractivity contribution in [2.75, 3.05) is 0 Å². The lowest BCUT2D eigenvalue weighted by Gasteiger charge is -1.99. The Kier molecular flexibility index (Phi) is 1.77. The minimum Gasteiger partial charge on any atom is -0.293 e. The van der Waals surface area contributed by atoms with Gasteiger partial charge in [0.25, 0.3) is 0 Å². The Morgan fingerprint density at radius 3 is 3.08 bits per heavy atom. The summed E-state index contributed by atoms with van der Waals surface area (Å²) in [6, 6.07) is 1.80. The van der Waals surface area contributed by atoms with Crippen LogP contribution in [0.4, 0.5) is 0 Å². The normalized spacial score (nSPS) is 21.1. The molecule has 1 heterocycles. The maximum atomic E-state index is 11.2. The van der Waals surface area contributed by atoms with E-state index in [9.17, 15) is 9.59 Å². The maximum Gasteiger partial charge on any atom is 0.229 e. The lowest BCUT2D eigenvalue weighted by atomic mass is 10.1. The predicted molar refractivity (Wildman–Crippen MR) is 46.9 cm³/mol. The molecule has 2 rings (SSSR count). The van der Waals surface area contributed by atoms with Gasteiger partial charge < -0.3 is 0 Å². The monoisotopic (exact) mass is 200 g/mol. The van der Waals surface area contributed by atoms with Crippen molar-refractivity contribution in [1.82, 2.24) is 0 Å². The van der Waals surface area contributed by atoms with E-state index in [0.29, 0.717) is 4.88 Å². The van der Waals surface area contributed by atoms with Crippen LogP contribution in [0.1, 0.15) is 27.6 Å². The van der Waals surface area contributed by atoms with Crippen LogP contribution >= 0.6 is 22.9 Å². The third kappa shape index (κ3) is 1.01. The van der Waals surface area contributed by atoms with Gasteiger partial charge in [0, 0.05) is 6.42 Å². The second-order valence-electron chi connectivity index (χ2n) is 2.69. The zero-order chi connectivity index (χ0) is 8.72. The number of hydrogen-bond donors (Lipinski definition) is 0. The minimum atomic E-state index is -0.430. The van der Waals surface area contributed by atoms with Crippen LogP contribution in [0.25, 0.3) is 0 Å². The number of carbonyl (C=O) groups excluding carboxylic acids is 2. The first-order valence-corrected chi connectivity index (χ1v) is 4.76. The van der Waals surface area contributed by atoms with Crippen molar-refractivity contribution in [2.24, 2.45) is 0 Å². The van der Waals surface area contributed by atoms with Crippen LogP contribution < -0.4 is 0 Å². The van der Waals surface area contributed by atoms with E-state index in [1.165, 1.54) is 11.3 Å². The first-order valence-electron chi connectivity index (χ1n) is 3.50. The number of ketones is 1. The molecule has 0 aliphatic heterocycles. The molecule has 0 N–H and O–H groups in total. The standard InChI is InChI=1S/C8H5ClO2S/c9-8(11)5-3-6(10)7-4(5)1-2-12-7/h1-2,5H,3H2. The van der Waals surface area contributed by atoms with Crippen molar-refractivity contribution in [1.29, 1.82) is 0 Å². The predicted octanol–water partition coefficient (Wildman–Crippen LogP) is 2.18. The topological polar surface area (TPSA) is 34.1 Å². The molecule has 0 bridgehead atoms. The molecule has 1 aliphatic rings. The summed E-state index contributed by atoms with van der Waals surface area (Å²) in [5, 5.41) is 1.38. The summed E-state index contributed by atoms with van der Waals surface area (Å²) in [4.78, 5) is 22.8. The fourth-order valence-corrected chi connectivity index (χ4v) is 2.52. The Morgan fingerprint density at radius 1 is 1.67 bits per heavy atom. The summed E-state index contributed by atoms with van der Waals surface area (Å²) in [5.41, 5.74) is 0.810. The molecule has 1 aromatic rings. The molecule has 4 heteroatoms. The lowest BCUT2D eigenvalue weighted by molar-refractivity contribution is -0.112. The Bertz CT molecular complexity index is 356. The summed E-state index contributed by atoms with van der Waals surface area (Å²) < 4.78 is 0. The number of halogens is 1. The second-order valence-corrected chi connectivity index (χ2v) is 3.98. The SMILES string of the molecule is O=C1CC(C(=O)Cl)c2ccsc21. The molecule has 0 amide bonds. The van der Waals surface area contributed by atoms with Crippen LogP contribution in [0, 0.1) is 0 Å². The summed E-state index contributed by atoms with van der Waals surface area (Å²) in [6.45, 7) is 0. The minimum absolute atomic E-state index is 0.0407. The van der Waals surface area contributed by atoms with Crippen molar-refractivity contribution in [3.8, 4) is 0 Å². The maximum absolute atomic E-state index is 11.2. The molecule has 62 valence electrons. The number of thiophene rings is 1. The Morgan fingerprint density at radius 2 is 2.42 bits per heavy atom. The molecule has 0 radical (unpaired) electrons. The largest absolute Gasteiger partial charge is 0.293 e. The zero-order valence-electron chi connectivity index (χ0n) is 6.04. The van der Waals surface area contributed by atoms with E-state index in [1.807, 2.05) is 5.38 Å². The Labute approximate surface area is 78.2 Å². The Hall–Kier alpha value is -0.670. The summed E-state index contributed by atoms with van der Waals surface area (Å²) in [5.74, 6) is -0.348. The molecule has 0 saturated heterocycles. The fourth-order valence-electron chi connectivity index (χ4n) is 1.41. The van der Waals surface area contributed by atoms with E-state index in [0.717, 1.165) is 5.56 Å². The van der Waals surface area contributed by atoms with Gasteiger partial charge in [-0.25, -0.2) is 0 Å². The highest BCUT2D eigenvalue weighted by Crippen LogP contribution is 2.37. The van der Waals surface area contributed by atoms with Gasteiger partial charge in [0.2, 0.25) is 5.24 Å². The van der Waals surface area contributed by atoms with Gasteiger partial charge in [0.15, 0.2) is 5.78 Å². The van der Waals surface area contributed by atoms with E-state index in [-0.39, 0.29) is 18.1 Å². The summed E-state index contributed by atoms with van der Waals surface area (Å²) in [6.07, 6.45) is 0.254. The van der Waals surface area contributed by atoms with Gasteiger partial charge in [-0.2, -0.15) is 0 Å². The number of rotatable bonds is 1. The van der Waals surface area contributed by atoms with Crippen LogP contribution in [-0.2, 0) is 4.79 Å². The highest BCUT2D eigenvalue weighted by atomic mass is 35.5. The highest BCUT2D eigenvalue weighted by molar-refractivity contribution is 7.12. The van der Waals surface area contributed by atoms with E-state index in [2.05, 4.69) is 0 Å². The van der Waals surface area contributed by atoms with Gasteiger partial charge >= 0.3 is 0 Å². The molecule has 0 aromatic carbocycles. The van der Waals surface area contributed by atoms with Gasteiger partial charge in [0.1, 0.15) is 0 Å². The van der Waals surface area contributed by atoms with Crippen molar-refractivity contribution >= 4 is 34.0 Å².